The quantitative estimate of drug-likeness (QED) is 0.715. The molecule has 3 nitrogen and oxygen atoms in total. The minimum atomic E-state index is -0.456. The van der Waals surface area contributed by atoms with Gasteiger partial charge in [0.25, 0.3) is 0 Å². The Morgan fingerprint density at radius 1 is 1.13 bits per heavy atom. The molecule has 1 N–H and O–H groups in total. The zero-order valence-corrected chi connectivity index (χ0v) is 16.4. The van der Waals surface area contributed by atoms with Gasteiger partial charge in [-0.1, -0.05) is 40.5 Å². The Morgan fingerprint density at radius 3 is 2.17 bits per heavy atom. The molecule has 1 rings (SSSR count). The van der Waals surface area contributed by atoms with Gasteiger partial charge < -0.3 is 9.84 Å². The van der Waals surface area contributed by atoms with Crippen LogP contribution in [0.2, 0.25) is 0 Å². The van der Waals surface area contributed by atoms with Crippen LogP contribution >= 0.6 is 0 Å². The summed E-state index contributed by atoms with van der Waals surface area (Å²) in [6, 6.07) is 0. The van der Waals surface area contributed by atoms with E-state index in [1.807, 2.05) is 20.8 Å². The van der Waals surface area contributed by atoms with Crippen LogP contribution in [0.5, 0.6) is 0 Å². The normalized spacial score (nSPS) is 25.7. The van der Waals surface area contributed by atoms with Crippen LogP contribution in [0, 0.1) is 16.7 Å². The van der Waals surface area contributed by atoms with Crippen molar-refractivity contribution in [1.82, 2.24) is 0 Å². The number of aliphatic hydroxyl groups excluding tert-OH is 1. The van der Waals surface area contributed by atoms with E-state index in [1.165, 1.54) is 6.42 Å². The second-order valence-electron chi connectivity index (χ2n) is 9.41. The van der Waals surface area contributed by atoms with Gasteiger partial charge in [0.1, 0.15) is 5.60 Å². The minimum absolute atomic E-state index is 0.0589. The van der Waals surface area contributed by atoms with Crippen molar-refractivity contribution in [3.63, 3.8) is 0 Å². The molecule has 0 spiro atoms. The first-order valence-electron chi connectivity index (χ1n) is 9.33. The van der Waals surface area contributed by atoms with Crippen molar-refractivity contribution in [2.24, 2.45) is 16.7 Å². The van der Waals surface area contributed by atoms with Crippen LogP contribution in [-0.2, 0) is 9.53 Å². The van der Waals surface area contributed by atoms with Crippen molar-refractivity contribution in [3.8, 4) is 0 Å². The molecule has 3 heteroatoms. The van der Waals surface area contributed by atoms with Gasteiger partial charge in [-0.2, -0.15) is 0 Å². The van der Waals surface area contributed by atoms with Gasteiger partial charge in [-0.25, -0.2) is 0 Å². The van der Waals surface area contributed by atoms with Crippen LogP contribution in [0.25, 0.3) is 0 Å². The van der Waals surface area contributed by atoms with E-state index < -0.39 is 11.0 Å². The van der Waals surface area contributed by atoms with Crippen LogP contribution in [0.4, 0.5) is 0 Å². The predicted molar refractivity (Wildman–Crippen MR) is 95.2 cm³/mol. The Bertz CT molecular complexity index is 389. The lowest BCUT2D eigenvalue weighted by molar-refractivity contribution is -0.177. The molecule has 0 amide bonds. The number of hydrogen-bond acceptors (Lipinski definition) is 3. The highest BCUT2D eigenvalue weighted by Crippen LogP contribution is 2.48. The third-order valence-corrected chi connectivity index (χ3v) is 5.56. The van der Waals surface area contributed by atoms with E-state index in [-0.39, 0.29) is 17.5 Å². The van der Waals surface area contributed by atoms with E-state index in [0.29, 0.717) is 5.92 Å². The SMILES string of the molecule is CCC(CC[C@H]1CCC[C@@H](O)C1)(C(=O)OC(C)(C)C)C(C)(C)C. The van der Waals surface area contributed by atoms with E-state index in [4.69, 9.17) is 4.74 Å². The number of esters is 1. The number of ether oxygens (including phenoxy) is 1. The molecule has 0 saturated heterocycles. The van der Waals surface area contributed by atoms with Crippen LogP contribution < -0.4 is 0 Å². The van der Waals surface area contributed by atoms with Gasteiger partial charge in [-0.3, -0.25) is 4.79 Å². The van der Waals surface area contributed by atoms with Crippen molar-refractivity contribution in [1.29, 1.82) is 0 Å². The first kappa shape index (κ1) is 20.5. The van der Waals surface area contributed by atoms with Crippen LogP contribution in [0.3, 0.4) is 0 Å². The Kier molecular flexibility index (Phi) is 6.72. The molecular formula is C20H38O3. The molecule has 3 atom stereocenters. The number of hydrogen-bond donors (Lipinski definition) is 1. The van der Waals surface area contributed by atoms with E-state index in [0.717, 1.165) is 38.5 Å². The van der Waals surface area contributed by atoms with Gasteiger partial charge >= 0.3 is 5.97 Å². The van der Waals surface area contributed by atoms with E-state index >= 15 is 0 Å². The third kappa shape index (κ3) is 5.48. The molecule has 23 heavy (non-hydrogen) atoms. The average Bonchev–Trinajstić information content (AvgIpc) is 2.36. The van der Waals surface area contributed by atoms with Gasteiger partial charge in [0.05, 0.1) is 11.5 Å². The molecule has 0 aromatic heterocycles. The summed E-state index contributed by atoms with van der Waals surface area (Å²) in [7, 11) is 0. The fourth-order valence-electron chi connectivity index (χ4n) is 3.99. The highest BCUT2D eigenvalue weighted by Gasteiger charge is 2.49. The van der Waals surface area contributed by atoms with E-state index in [9.17, 15) is 9.90 Å². The molecule has 1 fully saturated rings. The maximum atomic E-state index is 13.0. The molecule has 0 heterocycles. The average molecular weight is 327 g/mol. The first-order valence-corrected chi connectivity index (χ1v) is 9.33. The highest BCUT2D eigenvalue weighted by atomic mass is 16.6. The largest absolute Gasteiger partial charge is 0.460 e. The van der Waals surface area contributed by atoms with Crippen molar-refractivity contribution in [2.45, 2.75) is 105 Å². The Labute approximate surface area is 143 Å². The monoisotopic (exact) mass is 326 g/mol. The van der Waals surface area contributed by atoms with Gasteiger partial charge in [-0.05, 0) is 64.2 Å². The maximum Gasteiger partial charge on any atom is 0.313 e. The highest BCUT2D eigenvalue weighted by molar-refractivity contribution is 5.78. The smallest absolute Gasteiger partial charge is 0.313 e. The number of rotatable bonds is 5. The van der Waals surface area contributed by atoms with Crippen molar-refractivity contribution in [3.05, 3.63) is 0 Å². The fraction of sp³-hybridized carbons (Fsp3) is 0.950. The minimum Gasteiger partial charge on any atom is -0.460 e. The van der Waals surface area contributed by atoms with Crippen LogP contribution in [0.1, 0.15) is 93.4 Å². The summed E-state index contributed by atoms with van der Waals surface area (Å²) >= 11 is 0. The summed E-state index contributed by atoms with van der Waals surface area (Å²) in [6.45, 7) is 14.4. The van der Waals surface area contributed by atoms with Crippen LogP contribution in [-0.4, -0.2) is 22.8 Å². The lowest BCUT2D eigenvalue weighted by Crippen LogP contribution is -2.46. The molecule has 1 saturated carbocycles. The predicted octanol–water partition coefficient (Wildman–Crippen LogP) is 5.10. The van der Waals surface area contributed by atoms with Crippen molar-refractivity contribution >= 4 is 5.97 Å². The fourth-order valence-corrected chi connectivity index (χ4v) is 3.99. The second-order valence-corrected chi connectivity index (χ2v) is 9.41. The maximum absolute atomic E-state index is 13.0. The van der Waals surface area contributed by atoms with E-state index in [1.54, 1.807) is 0 Å². The third-order valence-electron chi connectivity index (χ3n) is 5.56. The van der Waals surface area contributed by atoms with E-state index in [2.05, 4.69) is 27.7 Å². The Hall–Kier alpha value is -0.570. The zero-order valence-electron chi connectivity index (χ0n) is 16.4. The van der Waals surface area contributed by atoms with Gasteiger partial charge in [0.2, 0.25) is 0 Å². The van der Waals surface area contributed by atoms with Gasteiger partial charge in [0.15, 0.2) is 0 Å². The molecule has 0 aliphatic heterocycles. The molecule has 1 aliphatic carbocycles. The topological polar surface area (TPSA) is 46.5 Å². The number of carbonyl (C=O) groups is 1. The van der Waals surface area contributed by atoms with Crippen molar-refractivity contribution < 1.29 is 14.6 Å². The van der Waals surface area contributed by atoms with Crippen LogP contribution in [0.15, 0.2) is 0 Å². The van der Waals surface area contributed by atoms with Gasteiger partial charge in [0, 0.05) is 0 Å². The zero-order chi connectivity index (χ0) is 17.9. The molecule has 0 bridgehead atoms. The number of carbonyl (C=O) groups excluding carboxylic acids is 1. The molecule has 136 valence electrons. The number of aliphatic hydroxyl groups is 1. The summed E-state index contributed by atoms with van der Waals surface area (Å²) < 4.78 is 5.79. The lowest BCUT2D eigenvalue weighted by atomic mass is 9.61. The summed E-state index contributed by atoms with van der Waals surface area (Å²) in [5, 5.41) is 9.90. The first-order chi connectivity index (χ1) is 10.4. The molecule has 0 aromatic carbocycles. The second kappa shape index (κ2) is 7.55. The van der Waals surface area contributed by atoms with Gasteiger partial charge in [-0.15, -0.1) is 0 Å². The molecule has 0 radical (unpaired) electrons. The molecule has 1 unspecified atom stereocenters. The lowest BCUT2D eigenvalue weighted by Gasteiger charge is -2.44. The molecule has 0 aromatic rings. The summed E-state index contributed by atoms with van der Waals surface area (Å²) in [5.74, 6) is 0.478. The standard InChI is InChI=1S/C20H38O3/c1-8-20(18(2,3)4,17(22)23-19(5,6)7)13-12-15-10-9-11-16(21)14-15/h15-16,21H,8-14H2,1-7H3/t15-,16-,20?/m1/s1. The Morgan fingerprint density at radius 2 is 1.74 bits per heavy atom. The molecular weight excluding hydrogens is 288 g/mol. The summed E-state index contributed by atoms with van der Waals surface area (Å²) in [4.78, 5) is 13.0. The summed E-state index contributed by atoms with van der Waals surface area (Å²) in [6.07, 6.45) is 6.59. The van der Waals surface area contributed by atoms with Crippen molar-refractivity contribution in [2.75, 3.05) is 0 Å². The molecule has 1 aliphatic rings. The Balaban J connectivity index is 2.89. The summed E-state index contributed by atoms with van der Waals surface area (Å²) in [5.41, 5.74) is -1.05.